The van der Waals surface area contributed by atoms with E-state index < -0.39 is 18.8 Å². The first-order valence-electron chi connectivity index (χ1n) is 5.40. The van der Waals surface area contributed by atoms with Crippen LogP contribution in [0.25, 0.3) is 0 Å². The number of carboxylic acids is 1. The molecular weight excluding hydrogens is 275 g/mol. The highest BCUT2D eigenvalue weighted by Gasteiger charge is 2.29. The van der Waals surface area contributed by atoms with Crippen LogP contribution in [0.4, 0.5) is 4.39 Å². The van der Waals surface area contributed by atoms with Crippen LogP contribution in [0.5, 0.6) is 0 Å². The van der Waals surface area contributed by atoms with Crippen LogP contribution in [0.1, 0.15) is 13.3 Å². The number of carbonyl (C=O) groups excluding carboxylic acids is 1. The predicted molar refractivity (Wildman–Crippen MR) is 63.2 cm³/mol. The summed E-state index contributed by atoms with van der Waals surface area (Å²) in [5.74, 6) is -2.56. The molecule has 0 amide bonds. The van der Waals surface area contributed by atoms with Gasteiger partial charge in [-0.3, -0.25) is 0 Å². The molecule has 20 heavy (non-hydrogen) atoms. The number of alkyl halides is 1. The second-order valence-corrected chi connectivity index (χ2v) is 3.79. The molecule has 0 aromatic rings. The molecule has 0 aromatic carbocycles. The van der Waals surface area contributed by atoms with Gasteiger partial charge in [0.1, 0.15) is 5.57 Å². The summed E-state index contributed by atoms with van der Waals surface area (Å²) in [5.41, 5.74) is -0.280. The molecule has 0 unspecified atom stereocenters. The Morgan fingerprint density at radius 3 is 2.70 bits per heavy atom. The summed E-state index contributed by atoms with van der Waals surface area (Å²) in [7, 11) is 1.42. The highest BCUT2D eigenvalue weighted by atomic mass is 19.1. The van der Waals surface area contributed by atoms with E-state index in [1.54, 1.807) is 0 Å². The average Bonchev–Trinajstić information content (AvgIpc) is 2.40. The maximum Gasteiger partial charge on any atom is 0.338 e. The first-order chi connectivity index (χ1) is 9.40. The minimum absolute atomic E-state index is 0.0338. The fourth-order valence-corrected chi connectivity index (χ4v) is 1.55. The molecule has 1 aliphatic heterocycles. The monoisotopic (exact) mass is 288 g/mol. The number of halogens is 1. The first kappa shape index (κ1) is 15.5. The van der Waals surface area contributed by atoms with Crippen molar-refractivity contribution in [3.8, 4) is 0 Å². The molecule has 0 bridgehead atoms. The van der Waals surface area contributed by atoms with Gasteiger partial charge < -0.3 is 24.7 Å². The smallest absolute Gasteiger partial charge is 0.338 e. The molecule has 0 aromatic heterocycles. The number of oxime groups is 1. The number of hydrogen-bond acceptors (Lipinski definition) is 7. The molecule has 110 valence electrons. The van der Waals surface area contributed by atoms with Crippen molar-refractivity contribution in [1.82, 2.24) is 4.90 Å². The van der Waals surface area contributed by atoms with Gasteiger partial charge in [0, 0.05) is 26.6 Å². The van der Waals surface area contributed by atoms with E-state index in [0.29, 0.717) is 0 Å². The summed E-state index contributed by atoms with van der Waals surface area (Å²) < 4.78 is 21.2. The van der Waals surface area contributed by atoms with Crippen molar-refractivity contribution in [2.24, 2.45) is 5.16 Å². The van der Waals surface area contributed by atoms with Crippen molar-refractivity contribution < 1.29 is 33.8 Å². The van der Waals surface area contributed by atoms with Crippen molar-refractivity contribution in [2.45, 2.75) is 13.3 Å². The topological polar surface area (TPSA) is 109 Å². The standard InChI is InChI=1S/C11H13FN2O6/c1-6(13-18)20-9-8(10(15)16)3-7(4-14(9)2)11(17)19-5-12/h4,18H,3,5H2,1-2H3,(H,15,16). The number of rotatable bonds is 4. The van der Waals surface area contributed by atoms with Gasteiger partial charge in [-0.05, 0) is 0 Å². The lowest BCUT2D eigenvalue weighted by Crippen LogP contribution is -2.27. The minimum Gasteiger partial charge on any atom is -0.478 e. The van der Waals surface area contributed by atoms with Crippen molar-refractivity contribution in [2.75, 3.05) is 13.9 Å². The number of hydrogen-bond donors (Lipinski definition) is 2. The van der Waals surface area contributed by atoms with Gasteiger partial charge in [0.2, 0.25) is 18.6 Å². The maximum absolute atomic E-state index is 12.0. The molecule has 1 rings (SSSR count). The van der Waals surface area contributed by atoms with E-state index in [1.165, 1.54) is 25.1 Å². The van der Waals surface area contributed by atoms with Crippen molar-refractivity contribution in [1.29, 1.82) is 0 Å². The Hall–Kier alpha value is -2.58. The molecular formula is C11H13FN2O6. The summed E-state index contributed by atoms with van der Waals surface area (Å²) >= 11 is 0. The fraction of sp³-hybridized carbons (Fsp3) is 0.364. The molecule has 2 N–H and O–H groups in total. The number of ether oxygens (including phenoxy) is 2. The molecule has 0 aliphatic carbocycles. The number of carboxylic acid groups (broad SMARTS) is 1. The number of esters is 1. The van der Waals surface area contributed by atoms with Gasteiger partial charge in [0.15, 0.2) is 0 Å². The van der Waals surface area contributed by atoms with Gasteiger partial charge in [0.05, 0.1) is 5.57 Å². The Labute approximate surface area is 113 Å². The number of aliphatic carboxylic acids is 1. The zero-order chi connectivity index (χ0) is 15.3. The second kappa shape index (κ2) is 6.55. The van der Waals surface area contributed by atoms with Crippen molar-refractivity contribution in [3.63, 3.8) is 0 Å². The molecule has 0 saturated heterocycles. The van der Waals surface area contributed by atoms with Gasteiger partial charge in [0.25, 0.3) is 0 Å². The van der Waals surface area contributed by atoms with Crippen LogP contribution < -0.4 is 0 Å². The summed E-state index contributed by atoms with van der Waals surface area (Å²) in [5, 5.41) is 20.4. The average molecular weight is 288 g/mol. The lowest BCUT2D eigenvalue weighted by molar-refractivity contribution is -0.143. The van der Waals surface area contributed by atoms with Gasteiger partial charge >= 0.3 is 11.9 Å². The van der Waals surface area contributed by atoms with Crippen LogP contribution in [0.15, 0.2) is 28.4 Å². The molecule has 0 spiro atoms. The Balaban J connectivity index is 3.07. The third kappa shape index (κ3) is 3.46. The minimum atomic E-state index is -1.32. The molecule has 1 heterocycles. The highest BCUT2D eigenvalue weighted by Crippen LogP contribution is 2.26. The van der Waals surface area contributed by atoms with Gasteiger partial charge in [-0.25, -0.2) is 14.0 Å². The highest BCUT2D eigenvalue weighted by molar-refractivity contribution is 5.95. The van der Waals surface area contributed by atoms with Crippen molar-refractivity contribution in [3.05, 3.63) is 23.2 Å². The quantitative estimate of drug-likeness (QED) is 0.259. The molecule has 9 heteroatoms. The molecule has 1 aliphatic rings. The van der Waals surface area contributed by atoms with Crippen LogP contribution >= 0.6 is 0 Å². The van der Waals surface area contributed by atoms with E-state index in [0.717, 1.165) is 0 Å². The zero-order valence-corrected chi connectivity index (χ0v) is 10.8. The van der Waals surface area contributed by atoms with Gasteiger partial charge in [-0.1, -0.05) is 5.16 Å². The Bertz CT molecular complexity index is 511. The summed E-state index contributed by atoms with van der Waals surface area (Å²) in [6.07, 6.45) is 0.955. The van der Waals surface area contributed by atoms with Crippen LogP contribution in [-0.4, -0.2) is 47.0 Å². The normalized spacial score (nSPS) is 15.8. The van der Waals surface area contributed by atoms with E-state index in [9.17, 15) is 14.0 Å². The van der Waals surface area contributed by atoms with Crippen LogP contribution in [-0.2, 0) is 19.1 Å². The van der Waals surface area contributed by atoms with Gasteiger partial charge in [-0.15, -0.1) is 0 Å². The number of carbonyl (C=O) groups is 2. The molecule has 0 saturated carbocycles. The maximum atomic E-state index is 12.0. The predicted octanol–water partition coefficient (Wildman–Crippen LogP) is 0.796. The largest absolute Gasteiger partial charge is 0.478 e. The van der Waals surface area contributed by atoms with E-state index in [2.05, 4.69) is 9.89 Å². The van der Waals surface area contributed by atoms with Crippen LogP contribution in [0.3, 0.4) is 0 Å². The van der Waals surface area contributed by atoms with E-state index >= 15 is 0 Å². The summed E-state index contributed by atoms with van der Waals surface area (Å²) in [4.78, 5) is 23.8. The lowest BCUT2D eigenvalue weighted by Gasteiger charge is -2.25. The van der Waals surface area contributed by atoms with Gasteiger partial charge in [-0.2, -0.15) is 0 Å². The fourth-order valence-electron chi connectivity index (χ4n) is 1.55. The zero-order valence-electron chi connectivity index (χ0n) is 10.8. The summed E-state index contributed by atoms with van der Waals surface area (Å²) in [6, 6.07) is 0. The van der Waals surface area contributed by atoms with Crippen LogP contribution in [0, 0.1) is 0 Å². The Kier molecular flexibility index (Phi) is 5.07. The SMILES string of the molecule is CC(=NO)OC1=C(C(=O)O)CC(C(=O)OCF)=CN1C. The molecule has 0 atom stereocenters. The first-order valence-corrected chi connectivity index (χ1v) is 5.40. The summed E-state index contributed by atoms with van der Waals surface area (Å²) in [6.45, 7) is 0.0164. The number of nitrogens with zero attached hydrogens (tertiary/aromatic N) is 2. The Morgan fingerprint density at radius 2 is 2.20 bits per heavy atom. The third-order valence-corrected chi connectivity index (χ3v) is 2.39. The molecule has 0 fully saturated rings. The second-order valence-electron chi connectivity index (χ2n) is 3.79. The van der Waals surface area contributed by atoms with Crippen LogP contribution in [0.2, 0.25) is 0 Å². The van der Waals surface area contributed by atoms with E-state index in [1.807, 2.05) is 0 Å². The van der Waals surface area contributed by atoms with E-state index in [4.69, 9.17) is 15.1 Å². The molecule has 8 nitrogen and oxygen atoms in total. The molecule has 0 radical (unpaired) electrons. The van der Waals surface area contributed by atoms with E-state index in [-0.39, 0.29) is 29.3 Å². The van der Waals surface area contributed by atoms with Crippen molar-refractivity contribution >= 4 is 17.8 Å². The lowest BCUT2D eigenvalue weighted by atomic mass is 10.0. The Morgan fingerprint density at radius 1 is 1.55 bits per heavy atom. The third-order valence-electron chi connectivity index (χ3n) is 2.39.